The van der Waals surface area contributed by atoms with Gasteiger partial charge in [0.1, 0.15) is 5.52 Å². The molecule has 0 unspecified atom stereocenters. The van der Waals surface area contributed by atoms with Gasteiger partial charge in [0.15, 0.2) is 5.65 Å². The smallest absolute Gasteiger partial charge is 0.276 e. The van der Waals surface area contributed by atoms with Crippen molar-refractivity contribution in [2.75, 3.05) is 0 Å². The van der Waals surface area contributed by atoms with Crippen LogP contribution in [-0.4, -0.2) is 19.9 Å². The molecule has 0 aliphatic heterocycles. The third-order valence-corrected chi connectivity index (χ3v) is 4.89. The predicted octanol–water partition coefficient (Wildman–Crippen LogP) is 3.05. The van der Waals surface area contributed by atoms with Crippen LogP contribution < -0.4 is 10.9 Å². The molecule has 0 fully saturated rings. The molecular formula is C22H22N4O2. The molecule has 1 amide bonds. The molecule has 3 heterocycles. The molecule has 0 bridgehead atoms. The first-order valence-electron chi connectivity index (χ1n) is 9.40. The Hall–Kier alpha value is -3.41. The molecule has 142 valence electrons. The maximum Gasteiger partial charge on any atom is 0.276 e. The molecular weight excluding hydrogens is 352 g/mol. The van der Waals surface area contributed by atoms with E-state index in [-0.39, 0.29) is 11.5 Å². The fourth-order valence-corrected chi connectivity index (χ4v) is 3.38. The Labute approximate surface area is 162 Å². The minimum Gasteiger partial charge on any atom is -0.352 e. The third kappa shape index (κ3) is 3.53. The highest BCUT2D eigenvalue weighted by Gasteiger charge is 2.11. The van der Waals surface area contributed by atoms with Gasteiger partial charge < -0.3 is 9.72 Å². The summed E-state index contributed by atoms with van der Waals surface area (Å²) in [5.41, 5.74) is 4.31. The van der Waals surface area contributed by atoms with Crippen LogP contribution in [0.2, 0.25) is 0 Å². The van der Waals surface area contributed by atoms with Crippen LogP contribution in [0.5, 0.6) is 0 Å². The fraction of sp³-hybridized carbons (Fsp3) is 0.227. The molecule has 4 rings (SSSR count). The van der Waals surface area contributed by atoms with Crippen molar-refractivity contribution in [2.24, 2.45) is 0 Å². The lowest BCUT2D eigenvalue weighted by atomic mass is 10.1. The molecule has 1 N–H and O–H groups in total. The Bertz CT molecular complexity index is 1190. The van der Waals surface area contributed by atoms with E-state index in [1.807, 2.05) is 60.0 Å². The van der Waals surface area contributed by atoms with E-state index >= 15 is 0 Å². The van der Waals surface area contributed by atoms with Gasteiger partial charge in [0.25, 0.3) is 5.56 Å². The monoisotopic (exact) mass is 374 g/mol. The lowest BCUT2D eigenvalue weighted by molar-refractivity contribution is -0.121. The number of fused-ring (bicyclic) bond motifs is 3. The number of rotatable bonds is 6. The summed E-state index contributed by atoms with van der Waals surface area (Å²) >= 11 is 0. The van der Waals surface area contributed by atoms with Crippen LogP contribution in [-0.2, 0) is 17.9 Å². The first-order chi connectivity index (χ1) is 13.6. The highest BCUT2D eigenvalue weighted by molar-refractivity contribution is 5.76. The number of hydrogen-bond donors (Lipinski definition) is 1. The summed E-state index contributed by atoms with van der Waals surface area (Å²) < 4.78 is 3.52. The summed E-state index contributed by atoms with van der Waals surface area (Å²) in [7, 11) is 0. The van der Waals surface area contributed by atoms with E-state index in [9.17, 15) is 9.59 Å². The molecule has 28 heavy (non-hydrogen) atoms. The molecule has 0 aliphatic rings. The number of pyridine rings is 1. The van der Waals surface area contributed by atoms with Crippen molar-refractivity contribution in [2.45, 2.75) is 32.9 Å². The second kappa shape index (κ2) is 7.68. The Morgan fingerprint density at radius 1 is 1.07 bits per heavy atom. The summed E-state index contributed by atoms with van der Waals surface area (Å²) in [6.45, 7) is 3.00. The van der Waals surface area contributed by atoms with E-state index in [1.54, 1.807) is 16.8 Å². The predicted molar refractivity (Wildman–Crippen MR) is 109 cm³/mol. The van der Waals surface area contributed by atoms with E-state index < -0.39 is 0 Å². The molecule has 0 saturated carbocycles. The summed E-state index contributed by atoms with van der Waals surface area (Å²) in [5, 5.41) is 2.94. The zero-order valence-electron chi connectivity index (χ0n) is 15.8. The second-order valence-corrected chi connectivity index (χ2v) is 6.93. The van der Waals surface area contributed by atoms with Gasteiger partial charge in [-0.3, -0.25) is 14.2 Å². The third-order valence-electron chi connectivity index (χ3n) is 4.89. The molecule has 6 nitrogen and oxygen atoms in total. The minimum absolute atomic E-state index is 0.0188. The van der Waals surface area contributed by atoms with Crippen molar-refractivity contribution in [3.63, 3.8) is 0 Å². The number of benzene rings is 1. The van der Waals surface area contributed by atoms with Gasteiger partial charge in [0.05, 0.1) is 5.52 Å². The molecule has 0 spiro atoms. The summed E-state index contributed by atoms with van der Waals surface area (Å²) in [6.07, 6.45) is 4.48. The van der Waals surface area contributed by atoms with E-state index in [2.05, 4.69) is 10.3 Å². The highest BCUT2D eigenvalue weighted by atomic mass is 16.1. The van der Waals surface area contributed by atoms with Crippen LogP contribution in [0.15, 0.2) is 65.7 Å². The average Bonchev–Trinajstić information content (AvgIpc) is 3.20. The molecule has 4 aromatic rings. The highest BCUT2D eigenvalue weighted by Crippen LogP contribution is 2.13. The van der Waals surface area contributed by atoms with Crippen molar-refractivity contribution in [1.82, 2.24) is 19.3 Å². The first-order valence-corrected chi connectivity index (χ1v) is 9.40. The van der Waals surface area contributed by atoms with Crippen molar-refractivity contribution in [3.05, 3.63) is 82.4 Å². The standard InChI is InChI=1S/C22H22N4O2/c1-16-8-10-17(11-9-16)15-24-20(27)7-4-14-26-21-18(5-2-12-23-21)25-13-3-6-19(25)22(26)28/h2-3,5-6,8-13H,4,7,14-15H2,1H3,(H,24,27). The molecule has 6 heteroatoms. The number of nitrogens with zero attached hydrogens (tertiary/aromatic N) is 3. The number of aromatic nitrogens is 3. The van der Waals surface area contributed by atoms with Gasteiger partial charge in [-0.15, -0.1) is 0 Å². The van der Waals surface area contributed by atoms with Crippen molar-refractivity contribution < 1.29 is 4.79 Å². The van der Waals surface area contributed by atoms with E-state index in [1.165, 1.54) is 5.56 Å². The number of aryl methyl sites for hydroxylation is 2. The minimum atomic E-state index is -0.0868. The maximum absolute atomic E-state index is 12.8. The number of amides is 1. The first kappa shape index (κ1) is 18.0. The van der Waals surface area contributed by atoms with Crippen LogP contribution in [0.4, 0.5) is 0 Å². The van der Waals surface area contributed by atoms with Crippen LogP contribution >= 0.6 is 0 Å². The quantitative estimate of drug-likeness (QED) is 0.564. The molecule has 0 atom stereocenters. The largest absolute Gasteiger partial charge is 0.352 e. The van der Waals surface area contributed by atoms with Gasteiger partial charge >= 0.3 is 0 Å². The van der Waals surface area contributed by atoms with E-state index in [0.717, 1.165) is 11.1 Å². The number of carbonyl (C=O) groups excluding carboxylic acids is 1. The molecule has 1 aromatic carbocycles. The zero-order valence-corrected chi connectivity index (χ0v) is 15.8. The topological polar surface area (TPSA) is 68.4 Å². The molecule has 0 radical (unpaired) electrons. The van der Waals surface area contributed by atoms with Gasteiger partial charge in [-0.05, 0) is 43.2 Å². The van der Waals surface area contributed by atoms with E-state index in [4.69, 9.17) is 0 Å². The van der Waals surface area contributed by atoms with Crippen molar-refractivity contribution in [3.8, 4) is 0 Å². The SMILES string of the molecule is Cc1ccc(CNC(=O)CCCn2c(=O)c3cccn3c3cccnc32)cc1. The maximum atomic E-state index is 12.8. The van der Waals surface area contributed by atoms with E-state index in [0.29, 0.717) is 37.1 Å². The summed E-state index contributed by atoms with van der Waals surface area (Å²) in [5.74, 6) is -0.0188. The lowest BCUT2D eigenvalue weighted by Crippen LogP contribution is -2.26. The van der Waals surface area contributed by atoms with Gasteiger partial charge in [0, 0.05) is 31.9 Å². The van der Waals surface area contributed by atoms with Gasteiger partial charge in [0.2, 0.25) is 5.91 Å². The van der Waals surface area contributed by atoms with Gasteiger partial charge in [-0.2, -0.15) is 0 Å². The fourth-order valence-electron chi connectivity index (χ4n) is 3.38. The normalized spacial score (nSPS) is 11.2. The van der Waals surface area contributed by atoms with Crippen LogP contribution in [0.1, 0.15) is 24.0 Å². The van der Waals surface area contributed by atoms with Crippen molar-refractivity contribution in [1.29, 1.82) is 0 Å². The van der Waals surface area contributed by atoms with Crippen LogP contribution in [0, 0.1) is 6.92 Å². The Morgan fingerprint density at radius 2 is 1.86 bits per heavy atom. The Morgan fingerprint density at radius 3 is 2.68 bits per heavy atom. The lowest BCUT2D eigenvalue weighted by Gasteiger charge is -2.11. The number of hydrogen-bond acceptors (Lipinski definition) is 3. The molecule has 0 saturated heterocycles. The van der Waals surface area contributed by atoms with Crippen molar-refractivity contribution >= 4 is 22.6 Å². The molecule has 0 aliphatic carbocycles. The van der Waals surface area contributed by atoms with Gasteiger partial charge in [-0.25, -0.2) is 4.98 Å². The van der Waals surface area contributed by atoms with Crippen LogP contribution in [0.3, 0.4) is 0 Å². The zero-order chi connectivity index (χ0) is 19.5. The summed E-state index contributed by atoms with van der Waals surface area (Å²) in [4.78, 5) is 29.4. The summed E-state index contributed by atoms with van der Waals surface area (Å²) in [6, 6.07) is 15.5. The Balaban J connectivity index is 1.44. The second-order valence-electron chi connectivity index (χ2n) is 6.93. The average molecular weight is 374 g/mol. The number of nitrogens with one attached hydrogen (secondary N) is 1. The van der Waals surface area contributed by atoms with Gasteiger partial charge in [-0.1, -0.05) is 29.8 Å². The van der Waals surface area contributed by atoms with Crippen LogP contribution in [0.25, 0.3) is 16.7 Å². The number of carbonyl (C=O) groups is 1. The Kier molecular flexibility index (Phi) is 4.93. The molecule has 3 aromatic heterocycles.